The van der Waals surface area contributed by atoms with Crippen LogP contribution >= 0.6 is 0 Å². The Morgan fingerprint density at radius 3 is 2.35 bits per heavy atom. The summed E-state index contributed by atoms with van der Waals surface area (Å²) in [6, 6.07) is 0. The summed E-state index contributed by atoms with van der Waals surface area (Å²) in [6.07, 6.45) is -0.265. The lowest BCUT2D eigenvalue weighted by atomic mass is 9.43. The van der Waals surface area contributed by atoms with Gasteiger partial charge in [0.2, 0.25) is 0 Å². The van der Waals surface area contributed by atoms with Gasteiger partial charge in [0.1, 0.15) is 24.4 Å². The Morgan fingerprint density at radius 1 is 1.04 bits per heavy atom. The first-order valence-electron chi connectivity index (χ1n) is 17.7. The molecular formula is C35H58O13S. The van der Waals surface area contributed by atoms with E-state index in [4.69, 9.17) is 18.4 Å². The molecule has 0 bridgehead atoms. The Kier molecular flexibility index (Phi) is 11.5. The van der Waals surface area contributed by atoms with E-state index in [9.17, 15) is 43.6 Å². The van der Waals surface area contributed by atoms with Crippen LogP contribution in [0, 0.1) is 46.3 Å². The molecule has 0 amide bonds. The van der Waals surface area contributed by atoms with Crippen LogP contribution in [-0.4, -0.2) is 119 Å². The van der Waals surface area contributed by atoms with Gasteiger partial charge in [-0.1, -0.05) is 52.8 Å². The van der Waals surface area contributed by atoms with E-state index >= 15 is 0 Å². The van der Waals surface area contributed by atoms with Crippen LogP contribution in [0.25, 0.3) is 0 Å². The largest absolute Gasteiger partial charge is 0.397 e. The minimum Gasteiger partial charge on any atom is -0.396 e. The van der Waals surface area contributed by atoms with Gasteiger partial charge in [-0.05, 0) is 78.1 Å². The Bertz CT molecular complexity index is 1340. The van der Waals surface area contributed by atoms with Crippen molar-refractivity contribution in [2.75, 3.05) is 20.3 Å². The molecule has 282 valence electrons. The van der Waals surface area contributed by atoms with Crippen LogP contribution in [0.15, 0.2) is 23.8 Å². The number of fused-ring (bicyclic) bond motifs is 5. The highest BCUT2D eigenvalue weighted by molar-refractivity contribution is 7.80. The molecule has 4 aliphatic carbocycles. The standard InChI is InChI=1S/C35H58O13S/c1-18(2)20(11-14-36)8-7-19(3)26-28(40)29(48-49(42,43)44)31-34(26,5)13-10-25-33(4)12-9-21(15-22(33)23(37)16-35(25,31)41)47-32-30(45-6)27(39)24(38)17-46-32/h7-8,15,18-21,23-32,36-41H,9-14,16-17H2,1-6H3,(H,42,43,44)/b8-7+/t19-,20-,21+,23-,24?,25?,26+,27?,28-,29?,30?,31?,32?,33+,34-,35+/m1/s1. The average molecular weight is 719 g/mol. The van der Waals surface area contributed by atoms with E-state index in [0.717, 1.165) is 0 Å². The second-order valence-electron chi connectivity index (χ2n) is 16.2. The van der Waals surface area contributed by atoms with Crippen molar-refractivity contribution < 1.29 is 62.0 Å². The van der Waals surface area contributed by atoms with Gasteiger partial charge in [-0.2, -0.15) is 8.42 Å². The molecule has 5 aliphatic rings. The summed E-state index contributed by atoms with van der Waals surface area (Å²) in [5.41, 5.74) is -2.52. The fraction of sp³-hybridized carbons (Fsp3) is 0.886. The molecular weight excluding hydrogens is 660 g/mol. The molecule has 1 saturated heterocycles. The zero-order chi connectivity index (χ0) is 36.3. The average Bonchev–Trinajstić information content (AvgIpc) is 3.22. The quantitative estimate of drug-likeness (QED) is 0.120. The summed E-state index contributed by atoms with van der Waals surface area (Å²) in [4.78, 5) is 0. The van der Waals surface area contributed by atoms with Crippen molar-refractivity contribution in [1.82, 2.24) is 0 Å². The molecule has 3 saturated carbocycles. The van der Waals surface area contributed by atoms with Gasteiger partial charge in [0, 0.05) is 26.1 Å². The first-order chi connectivity index (χ1) is 22.8. The van der Waals surface area contributed by atoms with Crippen LogP contribution in [0.2, 0.25) is 0 Å². The molecule has 16 atom stereocenters. The van der Waals surface area contributed by atoms with Gasteiger partial charge in [0.05, 0.1) is 30.5 Å². The summed E-state index contributed by atoms with van der Waals surface area (Å²) in [5.74, 6) is -1.84. The molecule has 7 unspecified atom stereocenters. The van der Waals surface area contributed by atoms with Gasteiger partial charge in [-0.3, -0.25) is 4.55 Å². The molecule has 0 aromatic rings. The molecule has 13 nitrogen and oxygen atoms in total. The second-order valence-corrected chi connectivity index (χ2v) is 17.2. The predicted molar refractivity (Wildman–Crippen MR) is 177 cm³/mol. The molecule has 4 fully saturated rings. The molecule has 1 aliphatic heterocycles. The Balaban J connectivity index is 1.47. The molecule has 1 heterocycles. The third-order valence-corrected chi connectivity index (χ3v) is 13.5. The smallest absolute Gasteiger partial charge is 0.396 e. The number of rotatable bonds is 11. The molecule has 0 radical (unpaired) electrons. The topological polar surface area (TPSA) is 213 Å². The zero-order valence-corrected chi connectivity index (χ0v) is 30.3. The number of aliphatic hydroxyl groups excluding tert-OH is 5. The van der Waals surface area contributed by atoms with E-state index in [0.29, 0.717) is 37.7 Å². The predicted octanol–water partition coefficient (Wildman–Crippen LogP) is 1.75. The number of hydrogen-bond donors (Lipinski definition) is 7. The van der Waals surface area contributed by atoms with Crippen LogP contribution in [0.5, 0.6) is 0 Å². The Labute approximate surface area is 290 Å². The van der Waals surface area contributed by atoms with Gasteiger partial charge in [-0.25, -0.2) is 4.18 Å². The van der Waals surface area contributed by atoms with E-state index < -0.39 is 93.6 Å². The first-order valence-corrected chi connectivity index (χ1v) is 19.1. The highest BCUT2D eigenvalue weighted by atomic mass is 32.3. The number of methoxy groups -OCH3 is 1. The highest BCUT2D eigenvalue weighted by Crippen LogP contribution is 2.69. The Hall–Kier alpha value is -1.01. The fourth-order valence-corrected chi connectivity index (χ4v) is 11.3. The SMILES string of the molecule is COC1C(O[C@@H]2C=C3[C@H](O)C[C@]4(O)C(CC[C@@]5(C)C4C(OS(=O)(=O)O)[C@H](O)[C@@H]5[C@H](C)/C=C/[C@H](CCO)C(C)C)[C@@]3(C)CC2)OCC(O)C1O. The third-order valence-electron chi connectivity index (χ3n) is 13.0. The van der Waals surface area contributed by atoms with Crippen molar-refractivity contribution in [2.24, 2.45) is 46.3 Å². The second kappa shape index (κ2) is 14.4. The van der Waals surface area contributed by atoms with Crippen LogP contribution < -0.4 is 0 Å². The van der Waals surface area contributed by atoms with Crippen molar-refractivity contribution in [3.05, 3.63) is 23.8 Å². The number of allylic oxidation sites excluding steroid dienone is 2. The van der Waals surface area contributed by atoms with Crippen LogP contribution in [0.4, 0.5) is 0 Å². The number of hydrogen-bond acceptors (Lipinski definition) is 12. The van der Waals surface area contributed by atoms with E-state index in [1.54, 1.807) is 0 Å². The lowest BCUT2D eigenvalue weighted by Gasteiger charge is -2.64. The van der Waals surface area contributed by atoms with Gasteiger partial charge in [-0.15, -0.1) is 0 Å². The van der Waals surface area contributed by atoms with Crippen molar-refractivity contribution in [1.29, 1.82) is 0 Å². The molecule has 5 rings (SSSR count). The van der Waals surface area contributed by atoms with Crippen molar-refractivity contribution in [3.8, 4) is 0 Å². The molecule has 7 N–H and O–H groups in total. The minimum absolute atomic E-state index is 0.0335. The normalized spacial score (nSPS) is 47.0. The maximum absolute atomic E-state index is 12.9. The Morgan fingerprint density at radius 2 is 1.73 bits per heavy atom. The molecule has 0 aromatic heterocycles. The van der Waals surface area contributed by atoms with E-state index in [1.165, 1.54) is 7.11 Å². The first kappa shape index (κ1) is 39.2. The van der Waals surface area contributed by atoms with E-state index in [-0.39, 0.29) is 37.4 Å². The molecule has 0 aromatic carbocycles. The van der Waals surface area contributed by atoms with Crippen molar-refractivity contribution in [2.45, 2.75) is 128 Å². The van der Waals surface area contributed by atoms with Crippen LogP contribution in [0.1, 0.15) is 73.1 Å². The van der Waals surface area contributed by atoms with E-state index in [1.807, 2.05) is 39.0 Å². The molecule has 49 heavy (non-hydrogen) atoms. The van der Waals surface area contributed by atoms with Crippen molar-refractivity contribution >= 4 is 10.4 Å². The van der Waals surface area contributed by atoms with E-state index in [2.05, 4.69) is 13.8 Å². The third kappa shape index (κ3) is 7.07. The van der Waals surface area contributed by atoms with Crippen molar-refractivity contribution in [3.63, 3.8) is 0 Å². The van der Waals surface area contributed by atoms with Crippen LogP contribution in [0.3, 0.4) is 0 Å². The number of aliphatic hydroxyl groups is 6. The highest BCUT2D eigenvalue weighted by Gasteiger charge is 2.73. The van der Waals surface area contributed by atoms with Gasteiger partial charge < -0.3 is 44.8 Å². The monoisotopic (exact) mass is 718 g/mol. The summed E-state index contributed by atoms with van der Waals surface area (Å²) in [5, 5.41) is 66.5. The van der Waals surface area contributed by atoms with Crippen LogP contribution in [-0.2, 0) is 28.8 Å². The lowest BCUT2D eigenvalue weighted by Crippen LogP contribution is -2.66. The van der Waals surface area contributed by atoms with Gasteiger partial charge >= 0.3 is 10.4 Å². The van der Waals surface area contributed by atoms with Gasteiger partial charge in [0.15, 0.2) is 6.29 Å². The summed E-state index contributed by atoms with van der Waals surface area (Å²) in [7, 11) is -3.63. The zero-order valence-electron chi connectivity index (χ0n) is 29.5. The lowest BCUT2D eigenvalue weighted by molar-refractivity contribution is -0.285. The maximum Gasteiger partial charge on any atom is 0.397 e. The summed E-state index contributed by atoms with van der Waals surface area (Å²) < 4.78 is 56.8. The molecule has 0 spiro atoms. The minimum atomic E-state index is -5.03. The number of ether oxygens (including phenoxy) is 3. The molecule has 14 heteroatoms. The fourth-order valence-electron chi connectivity index (χ4n) is 10.8. The maximum atomic E-state index is 12.9. The summed E-state index contributed by atoms with van der Waals surface area (Å²) in [6.45, 7) is 9.92. The van der Waals surface area contributed by atoms with Gasteiger partial charge in [0.25, 0.3) is 0 Å². The summed E-state index contributed by atoms with van der Waals surface area (Å²) >= 11 is 0.